The van der Waals surface area contributed by atoms with Gasteiger partial charge in [0.05, 0.1) is 26.2 Å². The minimum Gasteiger partial charge on any atom is -0.229 e. The number of hydrogen-bond acceptors (Lipinski definition) is 8. The normalized spacial score (nSPS) is 18.7. The maximum Gasteiger partial charge on any atom is 0.243 e. The fraction of sp³-hybridized carbons (Fsp3) is 0.379. The summed E-state index contributed by atoms with van der Waals surface area (Å²) in [6.45, 7) is 3.19. The van der Waals surface area contributed by atoms with E-state index in [9.17, 15) is 33.7 Å². The van der Waals surface area contributed by atoms with Crippen molar-refractivity contribution >= 4 is 39.9 Å². The molecule has 0 amide bonds. The van der Waals surface area contributed by atoms with Gasteiger partial charge in [0.1, 0.15) is 0 Å². The molecular formula is C29H37N3O8S4. The monoisotopic (exact) mass is 683 g/mol. The molecule has 1 fully saturated rings. The Morgan fingerprint density at radius 3 is 0.909 bits per heavy atom. The summed E-state index contributed by atoms with van der Waals surface area (Å²) in [4.78, 5) is -0.120. The zero-order valence-corrected chi connectivity index (χ0v) is 28.1. The number of sulfonamides is 3. The third-order valence-corrected chi connectivity index (χ3v) is 14.8. The zero-order valence-electron chi connectivity index (χ0n) is 24.8. The molecule has 0 bridgehead atoms. The molecule has 1 saturated heterocycles. The Balaban J connectivity index is 1.74. The van der Waals surface area contributed by atoms with E-state index < -0.39 is 64.5 Å². The van der Waals surface area contributed by atoms with Gasteiger partial charge in [-0.2, -0.15) is 12.9 Å². The van der Waals surface area contributed by atoms with Crippen molar-refractivity contribution in [2.24, 2.45) is 0 Å². The van der Waals surface area contributed by atoms with E-state index in [1.807, 2.05) is 6.92 Å². The van der Waals surface area contributed by atoms with Crippen molar-refractivity contribution in [1.82, 2.24) is 12.9 Å². The highest BCUT2D eigenvalue weighted by Crippen LogP contribution is 2.22. The van der Waals surface area contributed by atoms with Gasteiger partial charge < -0.3 is 0 Å². The second-order valence-electron chi connectivity index (χ2n) is 10.8. The average Bonchev–Trinajstić information content (AvgIpc) is 2.95. The van der Waals surface area contributed by atoms with E-state index in [2.05, 4.69) is 0 Å². The lowest BCUT2D eigenvalue weighted by atomic mass is 10.2. The Bertz CT molecular complexity index is 1800. The van der Waals surface area contributed by atoms with Crippen LogP contribution >= 0.6 is 0 Å². The van der Waals surface area contributed by atoms with Gasteiger partial charge in [-0.3, -0.25) is 0 Å². The molecule has 0 unspecified atom stereocenters. The standard InChI is InChI=1S/C29H37N3O8S4/c1-24-4-10-27(11-5-24)42(35,36)30-16-18-31(43(37,38)28-12-6-25(2)7-13-28)20-22-41(33,34)23-21-32(19-17-30)44(39,40)29-14-8-26(3)9-15-29/h4-15H,16-23H2,1-3H3. The molecule has 240 valence electrons. The highest BCUT2D eigenvalue weighted by molar-refractivity contribution is 7.92. The summed E-state index contributed by atoms with van der Waals surface area (Å²) >= 11 is 0. The van der Waals surface area contributed by atoms with Crippen LogP contribution < -0.4 is 0 Å². The Labute approximate surface area is 261 Å². The Hall–Kier alpha value is -2.66. The molecule has 1 aliphatic rings. The molecule has 15 heteroatoms. The minimum atomic E-state index is -4.20. The van der Waals surface area contributed by atoms with E-state index in [0.29, 0.717) is 0 Å². The van der Waals surface area contributed by atoms with Crippen molar-refractivity contribution in [3.05, 3.63) is 89.5 Å². The van der Waals surface area contributed by atoms with E-state index in [0.717, 1.165) is 29.6 Å². The van der Waals surface area contributed by atoms with E-state index in [1.54, 1.807) is 50.2 Å². The molecule has 0 aliphatic carbocycles. The number of rotatable bonds is 6. The number of nitrogens with zero attached hydrogens (tertiary/aromatic N) is 3. The molecule has 3 aromatic carbocycles. The lowest BCUT2D eigenvalue weighted by Gasteiger charge is -2.30. The van der Waals surface area contributed by atoms with Crippen LogP contribution in [0.1, 0.15) is 16.7 Å². The van der Waals surface area contributed by atoms with Crippen LogP contribution in [0.4, 0.5) is 0 Å². The summed E-state index contributed by atoms with van der Waals surface area (Å²) in [5, 5.41) is 0. The Morgan fingerprint density at radius 1 is 0.432 bits per heavy atom. The smallest absolute Gasteiger partial charge is 0.229 e. The predicted molar refractivity (Wildman–Crippen MR) is 168 cm³/mol. The maximum atomic E-state index is 13.8. The van der Waals surface area contributed by atoms with E-state index >= 15 is 0 Å². The van der Waals surface area contributed by atoms with Crippen LogP contribution in [0.25, 0.3) is 0 Å². The van der Waals surface area contributed by atoms with Crippen molar-refractivity contribution in [3.8, 4) is 0 Å². The molecule has 1 aliphatic heterocycles. The van der Waals surface area contributed by atoms with Crippen LogP contribution in [0.2, 0.25) is 0 Å². The van der Waals surface area contributed by atoms with Crippen molar-refractivity contribution in [2.45, 2.75) is 35.5 Å². The highest BCUT2D eigenvalue weighted by Gasteiger charge is 2.33. The molecule has 3 aromatic rings. The second-order valence-corrected chi connectivity index (χ2v) is 18.9. The van der Waals surface area contributed by atoms with Crippen molar-refractivity contribution < 1.29 is 33.7 Å². The molecule has 4 rings (SSSR count). The number of aryl methyl sites for hydroxylation is 3. The van der Waals surface area contributed by atoms with Crippen molar-refractivity contribution in [1.29, 1.82) is 0 Å². The SMILES string of the molecule is Cc1ccc(S(=O)(=O)N2CCN(S(=O)(=O)c3ccc(C)cc3)CCS(=O)(=O)CCN(S(=O)(=O)c3ccc(C)cc3)CC2)cc1. The van der Waals surface area contributed by atoms with Crippen LogP contribution in [0.5, 0.6) is 0 Å². The Kier molecular flexibility index (Phi) is 10.4. The van der Waals surface area contributed by atoms with E-state index in [-0.39, 0.29) is 40.9 Å². The third-order valence-electron chi connectivity index (χ3n) is 7.48. The first-order valence-electron chi connectivity index (χ1n) is 13.9. The molecule has 0 N–H and O–H groups in total. The van der Waals surface area contributed by atoms with Gasteiger partial charge in [0.15, 0.2) is 9.84 Å². The van der Waals surface area contributed by atoms with Gasteiger partial charge in [-0.15, -0.1) is 0 Å². The number of benzene rings is 3. The zero-order chi connectivity index (χ0) is 32.3. The van der Waals surface area contributed by atoms with Gasteiger partial charge in [0, 0.05) is 39.3 Å². The van der Waals surface area contributed by atoms with Crippen molar-refractivity contribution in [3.63, 3.8) is 0 Å². The van der Waals surface area contributed by atoms with Crippen LogP contribution in [0, 0.1) is 20.8 Å². The number of hydrogen-bond donors (Lipinski definition) is 0. The molecular weight excluding hydrogens is 647 g/mol. The van der Waals surface area contributed by atoms with E-state index in [4.69, 9.17) is 0 Å². The highest BCUT2D eigenvalue weighted by atomic mass is 32.2. The van der Waals surface area contributed by atoms with Crippen LogP contribution in [0.3, 0.4) is 0 Å². The molecule has 44 heavy (non-hydrogen) atoms. The first-order chi connectivity index (χ1) is 20.5. The average molecular weight is 684 g/mol. The van der Waals surface area contributed by atoms with Crippen LogP contribution in [-0.2, 0) is 39.9 Å². The molecule has 0 aromatic heterocycles. The third kappa shape index (κ3) is 7.94. The lowest BCUT2D eigenvalue weighted by Crippen LogP contribution is -2.47. The van der Waals surface area contributed by atoms with Gasteiger partial charge in [0.25, 0.3) is 0 Å². The maximum absolute atomic E-state index is 13.8. The summed E-state index contributed by atoms with van der Waals surface area (Å²) in [6.07, 6.45) is 0. The molecule has 0 spiro atoms. The summed E-state index contributed by atoms with van der Waals surface area (Å²) in [6, 6.07) is 18.3. The van der Waals surface area contributed by atoms with Gasteiger partial charge in [-0.05, 0) is 57.2 Å². The number of sulfone groups is 1. The lowest BCUT2D eigenvalue weighted by molar-refractivity contribution is 0.321. The molecule has 0 radical (unpaired) electrons. The summed E-state index contributed by atoms with van der Waals surface area (Å²) in [7, 11) is -16.5. The molecule has 0 atom stereocenters. The fourth-order valence-electron chi connectivity index (χ4n) is 4.66. The summed E-state index contributed by atoms with van der Waals surface area (Å²) in [5.74, 6) is -1.14. The molecule has 1 heterocycles. The quantitative estimate of drug-likeness (QED) is 0.385. The van der Waals surface area contributed by atoms with Crippen molar-refractivity contribution in [2.75, 3.05) is 50.8 Å². The van der Waals surface area contributed by atoms with Crippen LogP contribution in [-0.4, -0.2) is 97.4 Å². The van der Waals surface area contributed by atoms with Crippen LogP contribution in [0.15, 0.2) is 87.5 Å². The second kappa shape index (κ2) is 13.4. The van der Waals surface area contributed by atoms with Gasteiger partial charge >= 0.3 is 0 Å². The summed E-state index contributed by atoms with van der Waals surface area (Å²) < 4.78 is 111. The fourth-order valence-corrected chi connectivity index (χ4v) is 10.4. The Morgan fingerprint density at radius 2 is 0.659 bits per heavy atom. The molecule has 0 saturated carbocycles. The first-order valence-corrected chi connectivity index (χ1v) is 20.1. The minimum absolute atomic E-state index is 0.0290. The first kappa shape index (κ1) is 34.2. The van der Waals surface area contributed by atoms with Gasteiger partial charge in [-0.1, -0.05) is 53.1 Å². The largest absolute Gasteiger partial charge is 0.243 e. The predicted octanol–water partition coefficient (Wildman–Crippen LogP) is 2.41. The molecule has 11 nitrogen and oxygen atoms in total. The van der Waals surface area contributed by atoms with Gasteiger partial charge in [0.2, 0.25) is 30.1 Å². The van der Waals surface area contributed by atoms with E-state index in [1.165, 1.54) is 36.4 Å². The van der Waals surface area contributed by atoms with Gasteiger partial charge in [-0.25, -0.2) is 33.7 Å². The summed E-state index contributed by atoms with van der Waals surface area (Å²) in [5.41, 5.74) is 2.51. The topological polar surface area (TPSA) is 146 Å².